The number of halogens is 2. The van der Waals surface area contributed by atoms with Crippen LogP contribution in [0.1, 0.15) is 36.6 Å². The molecule has 6 heteroatoms. The Morgan fingerprint density at radius 3 is 2.85 bits per heavy atom. The number of aromatic nitrogens is 1. The molecule has 0 radical (unpaired) electrons. The molecule has 0 amide bonds. The first-order valence-corrected chi connectivity index (χ1v) is 11.7. The molecule has 1 aromatic heterocycles. The number of ether oxygens (including phenoxy) is 1. The molecule has 34 heavy (non-hydrogen) atoms. The Balaban J connectivity index is 1.34. The van der Waals surface area contributed by atoms with Crippen molar-refractivity contribution in [3.8, 4) is 17.6 Å². The third kappa shape index (κ3) is 5.72. The maximum atomic E-state index is 15.3. The Labute approximate surface area is 199 Å². The average molecular weight is 465 g/mol. The fourth-order valence-electron chi connectivity index (χ4n) is 4.76. The second kappa shape index (κ2) is 11.4. The van der Waals surface area contributed by atoms with E-state index in [9.17, 15) is 9.50 Å². The summed E-state index contributed by atoms with van der Waals surface area (Å²) >= 11 is 0. The van der Waals surface area contributed by atoms with Crippen LogP contribution in [0.5, 0.6) is 5.75 Å². The van der Waals surface area contributed by atoms with E-state index < -0.39 is 6.17 Å². The molecule has 4 rings (SSSR count). The average Bonchev–Trinajstić information content (AvgIpc) is 2.88. The maximum Gasteiger partial charge on any atom is 0.138 e. The van der Waals surface area contributed by atoms with Gasteiger partial charge in [-0.25, -0.2) is 8.78 Å². The van der Waals surface area contributed by atoms with Gasteiger partial charge in [0.1, 0.15) is 17.7 Å². The van der Waals surface area contributed by atoms with Crippen LogP contribution in [-0.4, -0.2) is 48.3 Å². The van der Waals surface area contributed by atoms with E-state index in [1.54, 1.807) is 37.6 Å². The van der Waals surface area contributed by atoms with E-state index in [0.717, 1.165) is 23.9 Å². The number of piperidine rings is 1. The van der Waals surface area contributed by atoms with E-state index in [1.807, 2.05) is 18.2 Å². The topological polar surface area (TPSA) is 45.6 Å². The molecule has 4 nitrogen and oxygen atoms in total. The van der Waals surface area contributed by atoms with E-state index in [1.165, 1.54) is 6.07 Å². The monoisotopic (exact) mass is 464 g/mol. The van der Waals surface area contributed by atoms with Crippen molar-refractivity contribution in [3.63, 3.8) is 0 Å². The molecule has 3 aromatic rings. The largest absolute Gasteiger partial charge is 0.497 e. The molecule has 1 N–H and O–H groups in total. The van der Waals surface area contributed by atoms with E-state index in [-0.39, 0.29) is 24.3 Å². The van der Waals surface area contributed by atoms with Gasteiger partial charge in [-0.1, -0.05) is 24.0 Å². The quantitative estimate of drug-likeness (QED) is 0.491. The van der Waals surface area contributed by atoms with Crippen molar-refractivity contribution in [1.29, 1.82) is 0 Å². The Kier molecular flexibility index (Phi) is 8.10. The Morgan fingerprint density at radius 2 is 2.06 bits per heavy atom. The standard InChI is InChI=1S/C28H30F2N2O2/c1-34-23-9-11-28-25(17-23)24(12-14-31-28)27(30)10-8-20-13-16-32(18-22(20)19-33)15-4-6-21-5-2-3-7-26(21)29/h2-3,5,7,9,11-12,14,17,20,22,27,33H,8,10,13,15-16,18-19H2,1H3/t20-,22-,27-/m1/s1. The minimum atomic E-state index is -1.11. The number of aliphatic hydroxyl groups is 1. The Hall–Kier alpha value is -3.01. The first-order chi connectivity index (χ1) is 16.6. The zero-order chi connectivity index (χ0) is 23.9. The normalized spacial score (nSPS) is 19.4. The molecule has 1 aliphatic rings. The van der Waals surface area contributed by atoms with Crippen molar-refractivity contribution < 1.29 is 18.6 Å². The Bertz CT molecular complexity index is 1170. The summed E-state index contributed by atoms with van der Waals surface area (Å²) in [5, 5.41) is 10.7. The van der Waals surface area contributed by atoms with Gasteiger partial charge >= 0.3 is 0 Å². The minimum absolute atomic E-state index is 0.0637. The third-order valence-corrected chi connectivity index (χ3v) is 6.72. The van der Waals surface area contributed by atoms with Gasteiger partial charge in [-0.05, 0) is 79.6 Å². The number of nitrogens with zero attached hydrogens (tertiary/aromatic N) is 2. The second-order valence-electron chi connectivity index (χ2n) is 8.84. The zero-order valence-corrected chi connectivity index (χ0v) is 19.4. The highest BCUT2D eigenvalue weighted by atomic mass is 19.1. The fraction of sp³-hybridized carbons (Fsp3) is 0.393. The van der Waals surface area contributed by atoms with Crippen LogP contribution in [0.15, 0.2) is 54.7 Å². The minimum Gasteiger partial charge on any atom is -0.497 e. The molecule has 0 aliphatic carbocycles. The summed E-state index contributed by atoms with van der Waals surface area (Å²) in [5.74, 6) is 6.63. The van der Waals surface area contributed by atoms with Crippen LogP contribution in [0.3, 0.4) is 0 Å². The molecule has 178 valence electrons. The highest BCUT2D eigenvalue weighted by Crippen LogP contribution is 2.35. The summed E-state index contributed by atoms with van der Waals surface area (Å²) in [6.45, 7) is 2.13. The smallest absolute Gasteiger partial charge is 0.138 e. The number of likely N-dealkylation sites (tertiary alicyclic amines) is 1. The molecule has 0 unspecified atom stereocenters. The number of benzene rings is 2. The van der Waals surface area contributed by atoms with E-state index in [0.29, 0.717) is 42.8 Å². The van der Waals surface area contributed by atoms with E-state index >= 15 is 4.39 Å². The van der Waals surface area contributed by atoms with Gasteiger partial charge in [0.25, 0.3) is 0 Å². The van der Waals surface area contributed by atoms with Crippen molar-refractivity contribution >= 4 is 10.9 Å². The van der Waals surface area contributed by atoms with Crippen LogP contribution in [0, 0.1) is 29.5 Å². The van der Waals surface area contributed by atoms with Gasteiger partial charge in [-0.3, -0.25) is 9.88 Å². The maximum absolute atomic E-state index is 15.3. The lowest BCUT2D eigenvalue weighted by atomic mass is 9.81. The summed E-state index contributed by atoms with van der Waals surface area (Å²) in [6, 6.07) is 13.7. The van der Waals surface area contributed by atoms with Gasteiger partial charge in [0, 0.05) is 24.7 Å². The van der Waals surface area contributed by atoms with Gasteiger partial charge in [0.05, 0.1) is 24.7 Å². The summed E-state index contributed by atoms with van der Waals surface area (Å²) in [4.78, 5) is 6.52. The summed E-state index contributed by atoms with van der Waals surface area (Å²) < 4.78 is 34.4. The third-order valence-electron chi connectivity index (χ3n) is 6.72. The predicted molar refractivity (Wildman–Crippen MR) is 130 cm³/mol. The summed E-state index contributed by atoms with van der Waals surface area (Å²) in [5.41, 5.74) is 1.77. The van der Waals surface area contributed by atoms with Crippen molar-refractivity contribution in [1.82, 2.24) is 9.88 Å². The molecule has 0 spiro atoms. The second-order valence-corrected chi connectivity index (χ2v) is 8.84. The lowest BCUT2D eigenvalue weighted by Crippen LogP contribution is -2.42. The number of pyridine rings is 1. The number of fused-ring (bicyclic) bond motifs is 1. The van der Waals surface area contributed by atoms with Crippen LogP contribution in [-0.2, 0) is 0 Å². The predicted octanol–water partition coefficient (Wildman–Crippen LogP) is 5.16. The SMILES string of the molecule is COc1ccc2nccc([C@H](F)CC[C@@H]3CCN(CC#Cc4ccccc4F)C[C@@H]3CO)c2c1. The van der Waals surface area contributed by atoms with Crippen LogP contribution in [0.4, 0.5) is 8.78 Å². The first-order valence-electron chi connectivity index (χ1n) is 11.7. The van der Waals surface area contributed by atoms with Crippen molar-refractivity contribution in [2.45, 2.75) is 25.4 Å². The van der Waals surface area contributed by atoms with Gasteiger partial charge in [-0.2, -0.15) is 0 Å². The molecular weight excluding hydrogens is 434 g/mol. The van der Waals surface area contributed by atoms with Crippen molar-refractivity contribution in [2.24, 2.45) is 11.8 Å². The van der Waals surface area contributed by atoms with Crippen LogP contribution < -0.4 is 4.74 Å². The molecule has 2 heterocycles. The first kappa shape index (κ1) is 24.1. The van der Waals surface area contributed by atoms with Gasteiger partial charge in [-0.15, -0.1) is 0 Å². The van der Waals surface area contributed by atoms with E-state index in [2.05, 4.69) is 21.7 Å². The van der Waals surface area contributed by atoms with E-state index in [4.69, 9.17) is 4.74 Å². The molecule has 0 bridgehead atoms. The fourth-order valence-corrected chi connectivity index (χ4v) is 4.76. The van der Waals surface area contributed by atoms with Crippen molar-refractivity contribution in [2.75, 3.05) is 33.4 Å². The number of rotatable bonds is 7. The zero-order valence-electron chi connectivity index (χ0n) is 19.4. The molecule has 1 saturated heterocycles. The van der Waals surface area contributed by atoms with Crippen LogP contribution >= 0.6 is 0 Å². The van der Waals surface area contributed by atoms with Crippen LogP contribution in [0.25, 0.3) is 10.9 Å². The number of hydrogen-bond donors (Lipinski definition) is 1. The molecule has 0 saturated carbocycles. The number of aliphatic hydroxyl groups excluding tert-OH is 1. The molecule has 2 aromatic carbocycles. The highest BCUT2D eigenvalue weighted by Gasteiger charge is 2.29. The number of alkyl halides is 1. The lowest BCUT2D eigenvalue weighted by Gasteiger charge is -2.37. The molecule has 1 fully saturated rings. The Morgan fingerprint density at radius 1 is 1.21 bits per heavy atom. The molecule has 1 aliphatic heterocycles. The van der Waals surface area contributed by atoms with Crippen molar-refractivity contribution in [3.05, 3.63) is 71.7 Å². The van der Waals surface area contributed by atoms with Gasteiger partial charge < -0.3 is 9.84 Å². The summed E-state index contributed by atoms with van der Waals surface area (Å²) in [7, 11) is 1.59. The molecule has 3 atom stereocenters. The van der Waals surface area contributed by atoms with Gasteiger partial charge in [0.15, 0.2) is 0 Å². The lowest BCUT2D eigenvalue weighted by molar-refractivity contribution is 0.0708. The van der Waals surface area contributed by atoms with Gasteiger partial charge in [0.2, 0.25) is 0 Å². The highest BCUT2D eigenvalue weighted by molar-refractivity contribution is 5.83. The molecular formula is C28H30F2N2O2. The number of hydrogen-bond acceptors (Lipinski definition) is 4. The summed E-state index contributed by atoms with van der Waals surface area (Å²) in [6.07, 6.45) is 2.51. The van der Waals surface area contributed by atoms with Crippen LogP contribution in [0.2, 0.25) is 0 Å². The number of methoxy groups -OCH3 is 1.